The number of methoxy groups -OCH3 is 1. The lowest BCUT2D eigenvalue weighted by Gasteiger charge is -2.44. The third kappa shape index (κ3) is 3.40. The van der Waals surface area contributed by atoms with Gasteiger partial charge in [-0.2, -0.15) is 0 Å². The van der Waals surface area contributed by atoms with Crippen molar-refractivity contribution in [1.82, 2.24) is 5.32 Å². The Bertz CT molecular complexity index is 353. The maximum Gasteiger partial charge on any atom is 0.105 e. The fourth-order valence-corrected chi connectivity index (χ4v) is 3.27. The number of rotatable bonds is 6. The first-order valence-electron chi connectivity index (χ1n) is 7.51. The summed E-state index contributed by atoms with van der Waals surface area (Å²) in [6.45, 7) is 5.46. The summed E-state index contributed by atoms with van der Waals surface area (Å²) in [5.74, 6) is 1.87. The summed E-state index contributed by atoms with van der Waals surface area (Å²) in [5, 5.41) is 3.61. The molecule has 1 aliphatic carbocycles. The lowest BCUT2D eigenvalue weighted by atomic mass is 9.74. The van der Waals surface area contributed by atoms with Crippen molar-refractivity contribution in [3.63, 3.8) is 0 Å². The van der Waals surface area contributed by atoms with Gasteiger partial charge in [0.1, 0.15) is 5.76 Å². The summed E-state index contributed by atoms with van der Waals surface area (Å²) in [5.41, 5.74) is -0.0324. The van der Waals surface area contributed by atoms with Gasteiger partial charge in [-0.3, -0.25) is 0 Å². The summed E-state index contributed by atoms with van der Waals surface area (Å²) in [7, 11) is 1.86. The molecule has 1 unspecified atom stereocenters. The second kappa shape index (κ2) is 6.58. The van der Waals surface area contributed by atoms with Crippen LogP contribution >= 0.6 is 0 Å². The van der Waals surface area contributed by atoms with E-state index in [0.717, 1.165) is 37.5 Å². The second-order valence-corrected chi connectivity index (χ2v) is 5.85. The van der Waals surface area contributed by atoms with Crippen molar-refractivity contribution in [2.75, 3.05) is 13.7 Å². The maximum absolute atomic E-state index is 5.99. The minimum Gasteiger partial charge on any atom is -0.469 e. The first-order chi connectivity index (χ1) is 9.20. The average Bonchev–Trinajstić information content (AvgIpc) is 2.93. The molecule has 108 valence electrons. The fourth-order valence-electron chi connectivity index (χ4n) is 3.27. The van der Waals surface area contributed by atoms with Crippen molar-refractivity contribution in [2.45, 2.75) is 57.6 Å². The van der Waals surface area contributed by atoms with Gasteiger partial charge in [0, 0.05) is 19.6 Å². The molecule has 0 radical (unpaired) electrons. The zero-order valence-electron chi connectivity index (χ0n) is 12.4. The van der Waals surface area contributed by atoms with E-state index < -0.39 is 0 Å². The largest absolute Gasteiger partial charge is 0.469 e. The van der Waals surface area contributed by atoms with Crippen LogP contribution in [0.2, 0.25) is 0 Å². The molecular weight excluding hydrogens is 238 g/mol. The van der Waals surface area contributed by atoms with Crippen LogP contribution in [0.4, 0.5) is 0 Å². The highest BCUT2D eigenvalue weighted by Crippen LogP contribution is 2.37. The van der Waals surface area contributed by atoms with Crippen LogP contribution in [0.15, 0.2) is 22.8 Å². The molecule has 3 heteroatoms. The quantitative estimate of drug-likeness (QED) is 0.856. The maximum atomic E-state index is 5.99. The first kappa shape index (κ1) is 14.6. The Morgan fingerprint density at radius 3 is 2.74 bits per heavy atom. The van der Waals surface area contributed by atoms with Gasteiger partial charge in [-0.1, -0.05) is 13.8 Å². The third-order valence-corrected chi connectivity index (χ3v) is 4.60. The van der Waals surface area contributed by atoms with Crippen LogP contribution < -0.4 is 5.32 Å². The Morgan fingerprint density at radius 2 is 2.21 bits per heavy atom. The van der Waals surface area contributed by atoms with E-state index in [9.17, 15) is 0 Å². The van der Waals surface area contributed by atoms with Crippen LogP contribution in [0.3, 0.4) is 0 Å². The van der Waals surface area contributed by atoms with E-state index in [4.69, 9.17) is 9.15 Å². The Labute approximate surface area is 116 Å². The van der Waals surface area contributed by atoms with Crippen LogP contribution in [0.25, 0.3) is 0 Å². The second-order valence-electron chi connectivity index (χ2n) is 5.85. The molecule has 1 atom stereocenters. The van der Waals surface area contributed by atoms with Gasteiger partial charge in [-0.25, -0.2) is 0 Å². The van der Waals surface area contributed by atoms with Crippen LogP contribution in [-0.2, 0) is 11.2 Å². The first-order valence-corrected chi connectivity index (χ1v) is 7.51. The van der Waals surface area contributed by atoms with Gasteiger partial charge in [0.15, 0.2) is 0 Å². The highest BCUT2D eigenvalue weighted by atomic mass is 16.5. The van der Waals surface area contributed by atoms with Crippen LogP contribution in [0, 0.1) is 5.92 Å². The number of hydrogen-bond donors (Lipinski definition) is 1. The standard InChI is InChI=1S/C16H27NO2/c1-4-17-15(12-14-6-5-11-19-14)16(18-3)9-7-13(2)8-10-16/h5-6,11,13,15,17H,4,7-10,12H2,1-3H3. The molecule has 1 aromatic heterocycles. The fraction of sp³-hybridized carbons (Fsp3) is 0.750. The Morgan fingerprint density at radius 1 is 1.47 bits per heavy atom. The molecule has 1 fully saturated rings. The van der Waals surface area contributed by atoms with Crippen molar-refractivity contribution in [3.8, 4) is 0 Å². The average molecular weight is 265 g/mol. The molecule has 0 amide bonds. The zero-order valence-corrected chi connectivity index (χ0v) is 12.4. The van der Waals surface area contributed by atoms with E-state index >= 15 is 0 Å². The Balaban J connectivity index is 2.10. The number of hydrogen-bond acceptors (Lipinski definition) is 3. The summed E-state index contributed by atoms with van der Waals surface area (Å²) >= 11 is 0. The minimum absolute atomic E-state index is 0.0324. The third-order valence-electron chi connectivity index (χ3n) is 4.60. The van der Waals surface area contributed by atoms with E-state index in [2.05, 4.69) is 25.2 Å². The normalized spacial score (nSPS) is 29.3. The van der Waals surface area contributed by atoms with Crippen molar-refractivity contribution >= 4 is 0 Å². The van der Waals surface area contributed by atoms with Crippen molar-refractivity contribution in [1.29, 1.82) is 0 Å². The van der Waals surface area contributed by atoms with E-state index in [0.29, 0.717) is 6.04 Å². The zero-order chi connectivity index (χ0) is 13.7. The molecule has 0 spiro atoms. The molecule has 3 nitrogen and oxygen atoms in total. The van der Waals surface area contributed by atoms with Gasteiger partial charge in [-0.15, -0.1) is 0 Å². The van der Waals surface area contributed by atoms with Crippen LogP contribution in [-0.4, -0.2) is 25.3 Å². The van der Waals surface area contributed by atoms with Gasteiger partial charge in [0.2, 0.25) is 0 Å². The summed E-state index contributed by atoms with van der Waals surface area (Å²) in [6.07, 6.45) is 7.46. The molecule has 0 aromatic carbocycles. The number of furan rings is 1. The van der Waals surface area contributed by atoms with Gasteiger partial charge >= 0.3 is 0 Å². The Hall–Kier alpha value is -0.800. The number of likely N-dealkylation sites (N-methyl/N-ethyl adjacent to an activating group) is 1. The number of nitrogens with one attached hydrogen (secondary N) is 1. The van der Waals surface area contributed by atoms with E-state index in [-0.39, 0.29) is 5.60 Å². The summed E-state index contributed by atoms with van der Waals surface area (Å²) in [4.78, 5) is 0. The molecule has 1 aliphatic rings. The van der Waals surface area contributed by atoms with E-state index in [1.54, 1.807) is 6.26 Å². The molecule has 1 aromatic rings. The molecule has 0 aliphatic heterocycles. The SMILES string of the molecule is CCNC(Cc1ccco1)C1(OC)CCC(C)CC1. The molecule has 1 saturated carbocycles. The highest BCUT2D eigenvalue weighted by Gasteiger charge is 2.41. The number of ether oxygens (including phenoxy) is 1. The molecular formula is C16H27NO2. The van der Waals surface area contributed by atoms with Gasteiger partial charge in [-0.05, 0) is 50.3 Å². The van der Waals surface area contributed by atoms with Crippen molar-refractivity contribution < 1.29 is 9.15 Å². The topological polar surface area (TPSA) is 34.4 Å². The highest BCUT2D eigenvalue weighted by molar-refractivity contribution is 5.06. The predicted molar refractivity (Wildman–Crippen MR) is 77.2 cm³/mol. The smallest absolute Gasteiger partial charge is 0.105 e. The van der Waals surface area contributed by atoms with Gasteiger partial charge in [0.05, 0.1) is 11.9 Å². The minimum atomic E-state index is -0.0324. The molecule has 2 rings (SSSR count). The van der Waals surface area contributed by atoms with Crippen LogP contribution in [0.1, 0.15) is 45.3 Å². The van der Waals surface area contributed by atoms with E-state index in [1.165, 1.54) is 12.8 Å². The molecule has 1 heterocycles. The van der Waals surface area contributed by atoms with Crippen molar-refractivity contribution in [3.05, 3.63) is 24.2 Å². The van der Waals surface area contributed by atoms with Gasteiger partial charge in [0.25, 0.3) is 0 Å². The van der Waals surface area contributed by atoms with Crippen LogP contribution in [0.5, 0.6) is 0 Å². The summed E-state index contributed by atoms with van der Waals surface area (Å²) < 4.78 is 11.5. The van der Waals surface area contributed by atoms with E-state index in [1.807, 2.05) is 13.2 Å². The molecule has 19 heavy (non-hydrogen) atoms. The summed E-state index contributed by atoms with van der Waals surface area (Å²) in [6, 6.07) is 4.35. The molecule has 1 N–H and O–H groups in total. The van der Waals surface area contributed by atoms with Gasteiger partial charge < -0.3 is 14.5 Å². The van der Waals surface area contributed by atoms with Crippen molar-refractivity contribution in [2.24, 2.45) is 5.92 Å². The predicted octanol–water partition coefficient (Wildman–Crippen LogP) is 3.40. The monoisotopic (exact) mass is 265 g/mol. The lowest BCUT2D eigenvalue weighted by Crippen LogP contribution is -2.54. The molecule has 0 bridgehead atoms. The lowest BCUT2D eigenvalue weighted by molar-refractivity contribution is -0.0751. The Kier molecular flexibility index (Phi) is 5.06. The molecule has 0 saturated heterocycles.